The summed E-state index contributed by atoms with van der Waals surface area (Å²) in [7, 11) is 0. The number of ether oxygens (including phenoxy) is 2. The van der Waals surface area contributed by atoms with Gasteiger partial charge in [-0.1, -0.05) is 80.1 Å². The van der Waals surface area contributed by atoms with E-state index < -0.39 is 6.04 Å². The van der Waals surface area contributed by atoms with Gasteiger partial charge in [0.1, 0.15) is 6.04 Å². The predicted octanol–water partition coefficient (Wildman–Crippen LogP) is 5.07. The van der Waals surface area contributed by atoms with Crippen LogP contribution in [-0.4, -0.2) is 36.1 Å². The van der Waals surface area contributed by atoms with E-state index in [4.69, 9.17) is 9.47 Å². The minimum atomic E-state index is -0.619. The van der Waals surface area contributed by atoms with E-state index in [9.17, 15) is 9.59 Å². The Kier molecular flexibility index (Phi) is 8.83. The van der Waals surface area contributed by atoms with E-state index >= 15 is 0 Å². The van der Waals surface area contributed by atoms with Crippen molar-refractivity contribution in [2.24, 2.45) is 5.92 Å². The van der Waals surface area contributed by atoms with Crippen LogP contribution in [0.3, 0.4) is 0 Å². The van der Waals surface area contributed by atoms with E-state index in [1.807, 2.05) is 79.7 Å². The SMILES string of the molecule is Cc1ccc(CN(C(=O)CCc2ccc3c(c2)OCO3)[C@@H](Cc2ccccc2)C(=O)NCC(C)C)cc1. The first-order valence-electron chi connectivity index (χ1n) is 12.9. The van der Waals surface area contributed by atoms with Crippen LogP contribution >= 0.6 is 0 Å². The maximum absolute atomic E-state index is 13.8. The second-order valence-electron chi connectivity index (χ2n) is 10.0. The molecule has 0 saturated heterocycles. The maximum Gasteiger partial charge on any atom is 0.243 e. The molecule has 0 fully saturated rings. The summed E-state index contributed by atoms with van der Waals surface area (Å²) in [6.07, 6.45) is 1.28. The van der Waals surface area contributed by atoms with Crippen molar-refractivity contribution in [1.29, 1.82) is 0 Å². The number of nitrogens with zero attached hydrogens (tertiary/aromatic N) is 1. The number of rotatable bonds is 11. The fraction of sp³-hybridized carbons (Fsp3) is 0.355. The number of aryl methyl sites for hydroxylation is 2. The van der Waals surface area contributed by atoms with Crippen LogP contribution < -0.4 is 14.8 Å². The Hall–Kier alpha value is -3.80. The molecule has 0 radical (unpaired) electrons. The molecule has 1 atom stereocenters. The van der Waals surface area contributed by atoms with E-state index in [1.54, 1.807) is 4.90 Å². The third-order valence-corrected chi connectivity index (χ3v) is 6.49. The monoisotopic (exact) mass is 500 g/mol. The van der Waals surface area contributed by atoms with Crippen LogP contribution in [0.15, 0.2) is 72.8 Å². The Morgan fingerprint density at radius 2 is 1.59 bits per heavy atom. The van der Waals surface area contributed by atoms with Crippen LogP contribution in [0.1, 0.15) is 42.5 Å². The summed E-state index contributed by atoms with van der Waals surface area (Å²) in [4.78, 5) is 29.0. The van der Waals surface area contributed by atoms with Gasteiger partial charge in [-0.2, -0.15) is 0 Å². The minimum absolute atomic E-state index is 0.0566. The van der Waals surface area contributed by atoms with E-state index in [1.165, 1.54) is 0 Å². The highest BCUT2D eigenvalue weighted by molar-refractivity contribution is 5.88. The zero-order valence-electron chi connectivity index (χ0n) is 21.9. The Labute approximate surface area is 219 Å². The molecule has 1 heterocycles. The number of amides is 2. The van der Waals surface area contributed by atoms with Crippen LogP contribution in [0.2, 0.25) is 0 Å². The quantitative estimate of drug-likeness (QED) is 0.399. The summed E-state index contributed by atoms with van der Waals surface area (Å²) >= 11 is 0. The highest BCUT2D eigenvalue weighted by Crippen LogP contribution is 2.33. The highest BCUT2D eigenvalue weighted by Gasteiger charge is 2.30. The minimum Gasteiger partial charge on any atom is -0.454 e. The van der Waals surface area contributed by atoms with Gasteiger partial charge in [-0.25, -0.2) is 0 Å². The third-order valence-electron chi connectivity index (χ3n) is 6.49. The Balaban J connectivity index is 1.58. The summed E-state index contributed by atoms with van der Waals surface area (Å²) in [6.45, 7) is 7.31. The van der Waals surface area contributed by atoms with Crippen LogP contribution in [0.5, 0.6) is 11.5 Å². The maximum atomic E-state index is 13.8. The Morgan fingerprint density at radius 1 is 0.892 bits per heavy atom. The Bertz CT molecular complexity index is 1190. The van der Waals surface area contributed by atoms with E-state index in [-0.39, 0.29) is 25.0 Å². The molecule has 0 unspecified atom stereocenters. The number of hydrogen-bond acceptors (Lipinski definition) is 4. The van der Waals surface area contributed by atoms with Crippen molar-refractivity contribution in [2.75, 3.05) is 13.3 Å². The summed E-state index contributed by atoms with van der Waals surface area (Å²) < 4.78 is 10.9. The lowest BCUT2D eigenvalue weighted by molar-refractivity contribution is -0.141. The molecular weight excluding hydrogens is 464 g/mol. The van der Waals surface area contributed by atoms with Gasteiger partial charge in [0.05, 0.1) is 0 Å². The molecule has 1 N–H and O–H groups in total. The lowest BCUT2D eigenvalue weighted by Crippen LogP contribution is -2.51. The van der Waals surface area contributed by atoms with Gasteiger partial charge in [-0.3, -0.25) is 9.59 Å². The lowest BCUT2D eigenvalue weighted by atomic mass is 10.0. The first kappa shape index (κ1) is 26.3. The molecule has 2 amide bonds. The van der Waals surface area contributed by atoms with Crippen molar-refractivity contribution in [3.8, 4) is 11.5 Å². The average molecular weight is 501 g/mol. The molecule has 4 rings (SSSR count). The van der Waals surface area contributed by atoms with E-state index in [0.717, 1.165) is 28.0 Å². The molecule has 194 valence electrons. The van der Waals surface area contributed by atoms with Crippen LogP contribution in [0.25, 0.3) is 0 Å². The first-order chi connectivity index (χ1) is 17.9. The standard InChI is InChI=1S/C31H36N2O4/c1-22(2)19-32-31(35)27(17-24-7-5-4-6-8-24)33(20-26-11-9-23(3)10-12-26)30(34)16-14-25-13-15-28-29(18-25)37-21-36-28/h4-13,15,18,22,27H,14,16-17,19-21H2,1-3H3,(H,32,35)/t27-/m0/s1. The summed E-state index contributed by atoms with van der Waals surface area (Å²) in [5, 5.41) is 3.07. The van der Waals surface area contributed by atoms with Crippen molar-refractivity contribution in [3.63, 3.8) is 0 Å². The summed E-state index contributed by atoms with van der Waals surface area (Å²) in [5.74, 6) is 1.56. The fourth-order valence-electron chi connectivity index (χ4n) is 4.36. The molecule has 6 nitrogen and oxygen atoms in total. The van der Waals surface area contributed by atoms with Gasteiger partial charge >= 0.3 is 0 Å². The second-order valence-corrected chi connectivity index (χ2v) is 10.0. The number of carbonyl (C=O) groups is 2. The molecule has 0 saturated carbocycles. The number of nitrogens with one attached hydrogen (secondary N) is 1. The van der Waals surface area contributed by atoms with Gasteiger partial charge in [-0.05, 0) is 48.1 Å². The van der Waals surface area contributed by atoms with Crippen molar-refractivity contribution in [2.45, 2.75) is 52.6 Å². The number of hydrogen-bond donors (Lipinski definition) is 1. The van der Waals surface area contributed by atoms with Gasteiger partial charge < -0.3 is 19.7 Å². The van der Waals surface area contributed by atoms with Crippen molar-refractivity contribution in [3.05, 3.63) is 95.1 Å². The third kappa shape index (κ3) is 7.35. The molecule has 1 aliphatic heterocycles. The van der Waals surface area contributed by atoms with E-state index in [0.29, 0.717) is 37.6 Å². The molecule has 0 aromatic heterocycles. The zero-order valence-corrected chi connectivity index (χ0v) is 21.9. The molecule has 3 aromatic carbocycles. The number of fused-ring (bicyclic) bond motifs is 1. The largest absolute Gasteiger partial charge is 0.454 e. The highest BCUT2D eigenvalue weighted by atomic mass is 16.7. The van der Waals surface area contributed by atoms with Gasteiger partial charge in [-0.15, -0.1) is 0 Å². The van der Waals surface area contributed by atoms with Crippen LogP contribution in [0, 0.1) is 12.8 Å². The van der Waals surface area contributed by atoms with Gasteiger partial charge in [0.15, 0.2) is 11.5 Å². The fourth-order valence-corrected chi connectivity index (χ4v) is 4.36. The van der Waals surface area contributed by atoms with Gasteiger partial charge in [0.25, 0.3) is 0 Å². The smallest absolute Gasteiger partial charge is 0.243 e. The molecule has 6 heteroatoms. The van der Waals surface area contributed by atoms with Crippen LogP contribution in [-0.2, 0) is 29.0 Å². The summed E-state index contributed by atoms with van der Waals surface area (Å²) in [6, 6.07) is 23.2. The number of carbonyl (C=O) groups excluding carboxylic acids is 2. The molecular formula is C31H36N2O4. The molecule has 3 aromatic rings. The van der Waals surface area contributed by atoms with Crippen molar-refractivity contribution in [1.82, 2.24) is 10.2 Å². The molecule has 1 aliphatic rings. The van der Waals surface area contributed by atoms with Crippen molar-refractivity contribution >= 4 is 11.8 Å². The van der Waals surface area contributed by atoms with Crippen LogP contribution in [0.4, 0.5) is 0 Å². The normalized spacial score (nSPS) is 12.9. The van der Waals surface area contributed by atoms with Gasteiger partial charge in [0, 0.05) is 25.9 Å². The molecule has 0 aliphatic carbocycles. The Morgan fingerprint density at radius 3 is 2.32 bits per heavy atom. The number of benzene rings is 3. The van der Waals surface area contributed by atoms with Gasteiger partial charge in [0.2, 0.25) is 18.6 Å². The topological polar surface area (TPSA) is 67.9 Å². The second kappa shape index (κ2) is 12.4. The average Bonchev–Trinajstić information content (AvgIpc) is 3.37. The zero-order chi connectivity index (χ0) is 26.2. The molecule has 37 heavy (non-hydrogen) atoms. The lowest BCUT2D eigenvalue weighted by Gasteiger charge is -2.32. The molecule has 0 spiro atoms. The summed E-state index contributed by atoms with van der Waals surface area (Å²) in [5.41, 5.74) is 4.16. The predicted molar refractivity (Wildman–Crippen MR) is 144 cm³/mol. The van der Waals surface area contributed by atoms with E-state index in [2.05, 4.69) is 19.2 Å². The molecule has 0 bridgehead atoms. The van der Waals surface area contributed by atoms with Crippen molar-refractivity contribution < 1.29 is 19.1 Å². The first-order valence-corrected chi connectivity index (χ1v) is 12.9.